The van der Waals surface area contributed by atoms with Crippen LogP contribution in [-0.2, 0) is 0 Å². The van der Waals surface area contributed by atoms with Gasteiger partial charge in [-0.25, -0.2) is 4.98 Å². The van der Waals surface area contributed by atoms with E-state index in [4.69, 9.17) is 9.72 Å². The zero-order valence-electron chi connectivity index (χ0n) is 15.3. The van der Waals surface area contributed by atoms with Gasteiger partial charge in [0.25, 0.3) is 5.91 Å². The van der Waals surface area contributed by atoms with E-state index in [2.05, 4.69) is 5.32 Å². The van der Waals surface area contributed by atoms with Crippen molar-refractivity contribution >= 4 is 22.9 Å². The molecule has 4 nitrogen and oxygen atoms in total. The molecule has 0 fully saturated rings. The molecule has 28 heavy (non-hydrogen) atoms. The molecule has 138 valence electrons. The van der Waals surface area contributed by atoms with Crippen LogP contribution in [0, 0.1) is 0 Å². The van der Waals surface area contributed by atoms with E-state index < -0.39 is 0 Å². The minimum atomic E-state index is -0.177. The van der Waals surface area contributed by atoms with Gasteiger partial charge in [-0.2, -0.15) is 0 Å². The Bertz CT molecular complexity index is 1070. The molecule has 0 saturated heterocycles. The largest absolute Gasteiger partial charge is 0.497 e. The number of carbonyl (C=O) groups excluding carboxylic acids is 1. The molecule has 3 aromatic carbocycles. The van der Waals surface area contributed by atoms with Gasteiger partial charge < -0.3 is 10.1 Å². The highest BCUT2D eigenvalue weighted by Gasteiger charge is 2.20. The van der Waals surface area contributed by atoms with Crippen LogP contribution in [-0.4, -0.2) is 18.0 Å². The predicted molar refractivity (Wildman–Crippen MR) is 114 cm³/mol. The molecule has 0 spiro atoms. The fraction of sp³-hybridized carbons (Fsp3) is 0.0435. The van der Waals surface area contributed by atoms with E-state index in [1.165, 1.54) is 11.3 Å². The smallest absolute Gasteiger partial charge is 0.268 e. The number of ether oxygens (including phenoxy) is 1. The number of hydrogen-bond acceptors (Lipinski definition) is 4. The molecule has 4 aromatic rings. The van der Waals surface area contributed by atoms with E-state index >= 15 is 0 Å². The van der Waals surface area contributed by atoms with Crippen molar-refractivity contribution in [1.82, 2.24) is 4.98 Å². The summed E-state index contributed by atoms with van der Waals surface area (Å²) in [4.78, 5) is 18.4. The van der Waals surface area contributed by atoms with Crippen molar-refractivity contribution in [3.63, 3.8) is 0 Å². The first kappa shape index (κ1) is 17.9. The molecule has 1 heterocycles. The van der Waals surface area contributed by atoms with Crippen molar-refractivity contribution in [3.8, 4) is 27.6 Å². The third kappa shape index (κ3) is 3.80. The summed E-state index contributed by atoms with van der Waals surface area (Å²) in [6.07, 6.45) is 0. The maximum atomic E-state index is 13.0. The number of carbonyl (C=O) groups is 1. The van der Waals surface area contributed by atoms with Crippen molar-refractivity contribution in [2.45, 2.75) is 0 Å². The first-order chi connectivity index (χ1) is 13.7. The number of methoxy groups -OCH3 is 1. The summed E-state index contributed by atoms with van der Waals surface area (Å²) >= 11 is 1.39. The highest BCUT2D eigenvalue weighted by atomic mass is 32.1. The standard InChI is InChI=1S/C23H18N2O2S/c1-27-19-14-12-18(13-15-19)24-22(26)21-20(16-8-4-2-5-9-16)25-23(28-21)17-10-6-3-7-11-17/h2-15H,1H3,(H,24,26). The van der Waals surface area contributed by atoms with Gasteiger partial charge in [0.05, 0.1) is 12.8 Å². The van der Waals surface area contributed by atoms with Crippen molar-refractivity contribution in [2.75, 3.05) is 12.4 Å². The van der Waals surface area contributed by atoms with Crippen LogP contribution in [0.1, 0.15) is 9.67 Å². The second-order valence-electron chi connectivity index (χ2n) is 6.11. The Hall–Kier alpha value is -3.44. The summed E-state index contributed by atoms with van der Waals surface area (Å²) in [5.74, 6) is 0.566. The first-order valence-electron chi connectivity index (χ1n) is 8.81. The fourth-order valence-electron chi connectivity index (χ4n) is 2.83. The maximum Gasteiger partial charge on any atom is 0.268 e. The van der Waals surface area contributed by atoms with Gasteiger partial charge in [-0.3, -0.25) is 4.79 Å². The number of thiazole rings is 1. The average molecular weight is 386 g/mol. The lowest BCUT2D eigenvalue weighted by molar-refractivity contribution is 0.103. The number of anilines is 1. The molecule has 0 saturated carbocycles. The van der Waals surface area contributed by atoms with Crippen LogP contribution < -0.4 is 10.1 Å². The number of nitrogens with one attached hydrogen (secondary N) is 1. The fourth-order valence-corrected chi connectivity index (χ4v) is 3.82. The van der Waals surface area contributed by atoms with E-state index in [1.54, 1.807) is 7.11 Å². The lowest BCUT2D eigenvalue weighted by Gasteiger charge is -2.06. The van der Waals surface area contributed by atoms with E-state index in [0.717, 1.165) is 21.9 Å². The van der Waals surface area contributed by atoms with E-state index in [1.807, 2.05) is 84.9 Å². The lowest BCUT2D eigenvalue weighted by atomic mass is 10.1. The minimum absolute atomic E-state index is 0.177. The average Bonchev–Trinajstić information content (AvgIpc) is 3.21. The second-order valence-corrected chi connectivity index (χ2v) is 7.11. The molecule has 1 amide bonds. The van der Waals surface area contributed by atoms with Crippen LogP contribution >= 0.6 is 11.3 Å². The van der Waals surface area contributed by atoms with Gasteiger partial charge in [-0.1, -0.05) is 60.7 Å². The second kappa shape index (κ2) is 8.06. The van der Waals surface area contributed by atoms with Gasteiger partial charge in [0.15, 0.2) is 0 Å². The molecular formula is C23H18N2O2S. The van der Waals surface area contributed by atoms with Gasteiger partial charge in [0.2, 0.25) is 0 Å². The van der Waals surface area contributed by atoms with Crippen molar-refractivity contribution < 1.29 is 9.53 Å². The van der Waals surface area contributed by atoms with Gasteiger partial charge in [0, 0.05) is 16.8 Å². The Labute approximate surface area is 167 Å². The number of hydrogen-bond donors (Lipinski definition) is 1. The molecule has 4 rings (SSSR count). The third-order valence-corrected chi connectivity index (χ3v) is 5.35. The summed E-state index contributed by atoms with van der Waals surface area (Å²) in [5.41, 5.74) is 3.31. The Morgan fingerprint density at radius 1 is 0.857 bits per heavy atom. The molecule has 1 N–H and O–H groups in total. The van der Waals surface area contributed by atoms with Crippen LogP contribution in [0.25, 0.3) is 21.8 Å². The van der Waals surface area contributed by atoms with Gasteiger partial charge in [0.1, 0.15) is 15.6 Å². The highest BCUT2D eigenvalue weighted by molar-refractivity contribution is 7.17. The lowest BCUT2D eigenvalue weighted by Crippen LogP contribution is -2.11. The molecule has 0 radical (unpaired) electrons. The van der Waals surface area contributed by atoms with Gasteiger partial charge in [-0.15, -0.1) is 11.3 Å². The van der Waals surface area contributed by atoms with Gasteiger partial charge >= 0.3 is 0 Å². The Morgan fingerprint density at radius 2 is 1.46 bits per heavy atom. The summed E-state index contributed by atoms with van der Waals surface area (Å²) in [7, 11) is 1.61. The molecule has 0 aliphatic carbocycles. The summed E-state index contributed by atoms with van der Waals surface area (Å²) in [6, 6.07) is 26.9. The van der Waals surface area contributed by atoms with Crippen LogP contribution in [0.15, 0.2) is 84.9 Å². The number of amides is 1. The normalized spacial score (nSPS) is 10.5. The monoisotopic (exact) mass is 386 g/mol. The van der Waals surface area contributed by atoms with E-state index in [-0.39, 0.29) is 5.91 Å². The molecule has 0 aliphatic rings. The van der Waals surface area contributed by atoms with Crippen LogP contribution in [0.2, 0.25) is 0 Å². The number of benzene rings is 3. The molecule has 0 aliphatic heterocycles. The van der Waals surface area contributed by atoms with E-state index in [9.17, 15) is 4.79 Å². The zero-order chi connectivity index (χ0) is 19.3. The SMILES string of the molecule is COc1ccc(NC(=O)c2sc(-c3ccccc3)nc2-c2ccccc2)cc1. The molecule has 5 heteroatoms. The quantitative estimate of drug-likeness (QED) is 0.476. The predicted octanol–water partition coefficient (Wildman–Crippen LogP) is 5.74. The van der Waals surface area contributed by atoms with Gasteiger partial charge in [-0.05, 0) is 24.3 Å². The molecular weight excluding hydrogens is 368 g/mol. The molecule has 0 bridgehead atoms. The third-order valence-electron chi connectivity index (χ3n) is 4.25. The zero-order valence-corrected chi connectivity index (χ0v) is 16.1. The number of nitrogens with zero attached hydrogens (tertiary/aromatic N) is 1. The van der Waals surface area contributed by atoms with Crippen molar-refractivity contribution in [2.24, 2.45) is 0 Å². The van der Waals surface area contributed by atoms with Crippen LogP contribution in [0.3, 0.4) is 0 Å². The van der Waals surface area contributed by atoms with Crippen molar-refractivity contribution in [3.05, 3.63) is 89.8 Å². The maximum absolute atomic E-state index is 13.0. The Balaban J connectivity index is 1.71. The Morgan fingerprint density at radius 3 is 2.07 bits per heavy atom. The number of rotatable bonds is 5. The number of aromatic nitrogens is 1. The minimum Gasteiger partial charge on any atom is -0.497 e. The van der Waals surface area contributed by atoms with E-state index in [0.29, 0.717) is 16.3 Å². The highest BCUT2D eigenvalue weighted by Crippen LogP contribution is 2.34. The summed E-state index contributed by atoms with van der Waals surface area (Å²) in [5, 5.41) is 3.78. The summed E-state index contributed by atoms with van der Waals surface area (Å²) in [6.45, 7) is 0. The van der Waals surface area contributed by atoms with Crippen LogP contribution in [0.5, 0.6) is 5.75 Å². The Kier molecular flexibility index (Phi) is 5.17. The topological polar surface area (TPSA) is 51.2 Å². The van der Waals surface area contributed by atoms with Crippen molar-refractivity contribution in [1.29, 1.82) is 0 Å². The molecule has 0 atom stereocenters. The summed E-state index contributed by atoms with van der Waals surface area (Å²) < 4.78 is 5.17. The molecule has 1 aromatic heterocycles. The van der Waals surface area contributed by atoms with Crippen LogP contribution in [0.4, 0.5) is 5.69 Å². The molecule has 0 unspecified atom stereocenters. The first-order valence-corrected chi connectivity index (χ1v) is 9.63.